The average molecular weight is 218 g/mol. The zero-order valence-electron chi connectivity index (χ0n) is 9.37. The molecule has 1 aromatic heterocycles. The van der Waals surface area contributed by atoms with E-state index in [4.69, 9.17) is 0 Å². The van der Waals surface area contributed by atoms with Gasteiger partial charge in [-0.2, -0.15) is 5.10 Å². The summed E-state index contributed by atoms with van der Waals surface area (Å²) in [6.45, 7) is 7.53. The summed E-state index contributed by atoms with van der Waals surface area (Å²) >= 11 is 0. The Morgan fingerprint density at radius 2 is 2.14 bits per heavy atom. The van der Waals surface area contributed by atoms with Crippen LogP contribution in [-0.2, 0) is 7.05 Å². The van der Waals surface area contributed by atoms with Crippen LogP contribution in [0.15, 0.2) is 6.20 Å². The summed E-state index contributed by atoms with van der Waals surface area (Å²) in [6.07, 6.45) is 3.23. The maximum Gasteiger partial charge on any atom is 0.0824 e. The standard InChI is InChI=1S/C10H19N3.ClH/c1-8(2)5-6-11-10-7-13(4)12-9(10)3;/h7-8,11H,5-6H2,1-4H3;1H. The predicted octanol–water partition coefficient (Wildman–Crippen LogP) is 2.61. The summed E-state index contributed by atoms with van der Waals surface area (Å²) in [5.41, 5.74) is 2.23. The maximum absolute atomic E-state index is 4.26. The summed E-state index contributed by atoms with van der Waals surface area (Å²) in [5, 5.41) is 7.64. The molecule has 1 heterocycles. The Labute approximate surface area is 92.3 Å². The van der Waals surface area contributed by atoms with Crippen LogP contribution in [0.5, 0.6) is 0 Å². The van der Waals surface area contributed by atoms with Gasteiger partial charge >= 0.3 is 0 Å². The molecule has 0 saturated heterocycles. The molecule has 1 N–H and O–H groups in total. The molecule has 0 fully saturated rings. The average Bonchev–Trinajstić information content (AvgIpc) is 2.29. The van der Waals surface area contributed by atoms with Gasteiger partial charge in [0.1, 0.15) is 0 Å². The lowest BCUT2D eigenvalue weighted by Gasteiger charge is -2.06. The molecule has 0 spiro atoms. The maximum atomic E-state index is 4.26. The number of hydrogen-bond acceptors (Lipinski definition) is 2. The Hall–Kier alpha value is -0.700. The van der Waals surface area contributed by atoms with Gasteiger partial charge in [-0.05, 0) is 19.3 Å². The Bertz CT molecular complexity index is 268. The Morgan fingerprint density at radius 1 is 1.50 bits per heavy atom. The molecule has 82 valence electrons. The number of hydrogen-bond donors (Lipinski definition) is 1. The van der Waals surface area contributed by atoms with Crippen LogP contribution < -0.4 is 5.32 Å². The zero-order valence-corrected chi connectivity index (χ0v) is 10.2. The van der Waals surface area contributed by atoms with Gasteiger partial charge in [-0.1, -0.05) is 13.8 Å². The fourth-order valence-corrected chi connectivity index (χ4v) is 1.27. The quantitative estimate of drug-likeness (QED) is 0.841. The van der Waals surface area contributed by atoms with Gasteiger partial charge in [-0.3, -0.25) is 4.68 Å². The molecular formula is C10H20ClN3. The number of halogens is 1. The van der Waals surface area contributed by atoms with Crippen LogP contribution in [0.2, 0.25) is 0 Å². The van der Waals surface area contributed by atoms with E-state index in [0.717, 1.165) is 23.8 Å². The van der Waals surface area contributed by atoms with Gasteiger partial charge in [0.2, 0.25) is 0 Å². The van der Waals surface area contributed by atoms with Crippen LogP contribution in [0.25, 0.3) is 0 Å². The summed E-state index contributed by atoms with van der Waals surface area (Å²) in [4.78, 5) is 0. The lowest BCUT2D eigenvalue weighted by Crippen LogP contribution is -2.04. The summed E-state index contributed by atoms with van der Waals surface area (Å²) in [5.74, 6) is 0.754. The number of anilines is 1. The molecule has 3 nitrogen and oxygen atoms in total. The van der Waals surface area contributed by atoms with E-state index in [9.17, 15) is 0 Å². The number of nitrogens with one attached hydrogen (secondary N) is 1. The molecule has 0 saturated carbocycles. The van der Waals surface area contributed by atoms with Crippen LogP contribution in [0.1, 0.15) is 26.0 Å². The van der Waals surface area contributed by atoms with Crippen molar-refractivity contribution in [2.45, 2.75) is 27.2 Å². The number of nitrogens with zero attached hydrogens (tertiary/aromatic N) is 2. The molecule has 0 aliphatic rings. The second-order valence-corrected chi connectivity index (χ2v) is 3.91. The Kier molecular flexibility index (Phi) is 5.62. The molecule has 0 amide bonds. The second kappa shape index (κ2) is 5.91. The van der Waals surface area contributed by atoms with Gasteiger partial charge in [0.25, 0.3) is 0 Å². The van der Waals surface area contributed by atoms with Crippen LogP contribution in [-0.4, -0.2) is 16.3 Å². The summed E-state index contributed by atoms with van der Waals surface area (Å²) in [7, 11) is 1.95. The monoisotopic (exact) mass is 217 g/mol. The van der Waals surface area contributed by atoms with Gasteiger partial charge in [-0.25, -0.2) is 0 Å². The molecule has 0 aliphatic heterocycles. The first-order chi connectivity index (χ1) is 6.09. The van der Waals surface area contributed by atoms with Crippen molar-refractivity contribution in [2.75, 3.05) is 11.9 Å². The number of aryl methyl sites for hydroxylation is 2. The molecule has 4 heteroatoms. The molecule has 1 rings (SSSR count). The fourth-order valence-electron chi connectivity index (χ4n) is 1.27. The largest absolute Gasteiger partial charge is 0.382 e. The molecule has 0 bridgehead atoms. The van der Waals surface area contributed by atoms with E-state index in [1.165, 1.54) is 6.42 Å². The van der Waals surface area contributed by atoms with E-state index < -0.39 is 0 Å². The van der Waals surface area contributed by atoms with Crippen molar-refractivity contribution in [1.29, 1.82) is 0 Å². The Morgan fingerprint density at radius 3 is 2.57 bits per heavy atom. The highest BCUT2D eigenvalue weighted by Crippen LogP contribution is 2.11. The summed E-state index contributed by atoms with van der Waals surface area (Å²) < 4.78 is 1.84. The highest BCUT2D eigenvalue weighted by Gasteiger charge is 2.01. The predicted molar refractivity (Wildman–Crippen MR) is 63.1 cm³/mol. The third-order valence-corrected chi connectivity index (χ3v) is 2.05. The van der Waals surface area contributed by atoms with E-state index in [2.05, 4.69) is 24.3 Å². The van der Waals surface area contributed by atoms with Crippen molar-refractivity contribution >= 4 is 18.1 Å². The second-order valence-electron chi connectivity index (χ2n) is 3.91. The SMILES string of the molecule is Cc1nn(C)cc1NCCC(C)C.Cl. The normalized spacial score (nSPS) is 10.1. The number of rotatable bonds is 4. The highest BCUT2D eigenvalue weighted by molar-refractivity contribution is 5.85. The van der Waals surface area contributed by atoms with Gasteiger partial charge < -0.3 is 5.32 Å². The lowest BCUT2D eigenvalue weighted by atomic mass is 10.1. The summed E-state index contributed by atoms with van der Waals surface area (Å²) in [6, 6.07) is 0. The fraction of sp³-hybridized carbons (Fsp3) is 0.700. The minimum absolute atomic E-state index is 0. The highest BCUT2D eigenvalue weighted by atomic mass is 35.5. The molecule has 0 unspecified atom stereocenters. The topological polar surface area (TPSA) is 29.9 Å². The molecule has 0 radical (unpaired) electrons. The lowest BCUT2D eigenvalue weighted by molar-refractivity contribution is 0.607. The third-order valence-electron chi connectivity index (χ3n) is 2.05. The molecular weight excluding hydrogens is 198 g/mol. The van der Waals surface area contributed by atoms with Gasteiger partial charge in [0.05, 0.1) is 11.4 Å². The van der Waals surface area contributed by atoms with E-state index in [0.29, 0.717) is 0 Å². The molecule has 14 heavy (non-hydrogen) atoms. The molecule has 0 aliphatic carbocycles. The van der Waals surface area contributed by atoms with E-state index in [1.54, 1.807) is 0 Å². The third kappa shape index (κ3) is 4.01. The smallest absolute Gasteiger partial charge is 0.0824 e. The molecule has 0 atom stereocenters. The van der Waals surface area contributed by atoms with Gasteiger partial charge in [0.15, 0.2) is 0 Å². The van der Waals surface area contributed by atoms with Crippen molar-refractivity contribution < 1.29 is 0 Å². The van der Waals surface area contributed by atoms with Crippen LogP contribution >= 0.6 is 12.4 Å². The van der Waals surface area contributed by atoms with E-state index in [-0.39, 0.29) is 12.4 Å². The van der Waals surface area contributed by atoms with Crippen molar-refractivity contribution in [3.05, 3.63) is 11.9 Å². The molecule has 0 aromatic carbocycles. The first-order valence-electron chi connectivity index (χ1n) is 4.83. The number of aromatic nitrogens is 2. The van der Waals surface area contributed by atoms with E-state index in [1.807, 2.05) is 24.9 Å². The van der Waals surface area contributed by atoms with E-state index >= 15 is 0 Å². The van der Waals surface area contributed by atoms with Crippen LogP contribution in [0.4, 0.5) is 5.69 Å². The van der Waals surface area contributed by atoms with Gasteiger partial charge in [0, 0.05) is 19.8 Å². The van der Waals surface area contributed by atoms with Gasteiger partial charge in [-0.15, -0.1) is 12.4 Å². The van der Waals surface area contributed by atoms with Crippen LogP contribution in [0, 0.1) is 12.8 Å². The molecule has 1 aromatic rings. The zero-order chi connectivity index (χ0) is 9.84. The van der Waals surface area contributed by atoms with Crippen molar-refractivity contribution in [3.8, 4) is 0 Å². The Balaban J connectivity index is 0.00000169. The minimum Gasteiger partial charge on any atom is -0.382 e. The van der Waals surface area contributed by atoms with Crippen molar-refractivity contribution in [2.24, 2.45) is 13.0 Å². The first kappa shape index (κ1) is 13.3. The van der Waals surface area contributed by atoms with Crippen LogP contribution in [0.3, 0.4) is 0 Å². The van der Waals surface area contributed by atoms with Crippen molar-refractivity contribution in [1.82, 2.24) is 9.78 Å². The first-order valence-corrected chi connectivity index (χ1v) is 4.83. The van der Waals surface area contributed by atoms with Crippen molar-refractivity contribution in [3.63, 3.8) is 0 Å². The minimum atomic E-state index is 0.